The number of aliphatic hydroxyl groups is 2. The van der Waals surface area contributed by atoms with Gasteiger partial charge in [-0.1, -0.05) is 34.6 Å². The molecule has 2 fully saturated rings. The smallest absolute Gasteiger partial charge is 0.862 e. The Kier molecular flexibility index (Phi) is 24.3. The number of nitrogens with two attached hydrogens (primary N) is 4. The number of aliphatic imine (C=N–C) groups is 3. The van der Waals surface area contributed by atoms with E-state index in [1.165, 1.54) is 6.92 Å². The summed E-state index contributed by atoms with van der Waals surface area (Å²) in [5, 5.41) is 69.4. The summed E-state index contributed by atoms with van der Waals surface area (Å²) in [4.78, 5) is 99.0. The largest absolute Gasteiger partial charge is 2.00 e. The molecule has 525 valence electrons. The second-order valence-corrected chi connectivity index (χ2v) is 28.9. The van der Waals surface area contributed by atoms with Crippen molar-refractivity contribution in [2.24, 2.45) is 83.2 Å². The molecule has 6 aliphatic heterocycles. The number of aromatic nitrogens is 2. The second kappa shape index (κ2) is 29.8. The molecule has 32 heteroatoms. The molecule has 0 aliphatic carbocycles. The van der Waals surface area contributed by atoms with Gasteiger partial charge in [0, 0.05) is 118 Å². The summed E-state index contributed by atoms with van der Waals surface area (Å²) < 4.78 is 52.4. The van der Waals surface area contributed by atoms with Gasteiger partial charge in [-0.25, -0.2) is 9.55 Å². The molecular weight excluding hydrogens is 1330 g/mol. The number of hydrogen-bond acceptors (Lipinski definition) is 19. The Labute approximate surface area is 565 Å². The number of aliphatic hydroxyl groups excluding tert-OH is 2. The van der Waals surface area contributed by atoms with Crippen LogP contribution in [0, 0.1) is 75.9 Å². The van der Waals surface area contributed by atoms with Crippen LogP contribution in [-0.4, -0.2) is 128 Å². The molecule has 95 heavy (non-hydrogen) atoms. The van der Waals surface area contributed by atoms with E-state index in [9.17, 15) is 62.6 Å². The minimum absolute atomic E-state index is 0. The number of aromatic amines is 1. The van der Waals surface area contributed by atoms with Crippen LogP contribution in [-0.2, 0) is 59.1 Å². The Bertz CT molecular complexity index is 3620. The molecule has 1 aromatic carbocycles. The molecule has 2 saturated heterocycles. The van der Waals surface area contributed by atoms with Crippen LogP contribution in [0.2, 0.25) is 0 Å². The maximum Gasteiger partial charge on any atom is 2.00 e. The number of ether oxygens (including phenoxy) is 1. The van der Waals surface area contributed by atoms with E-state index in [0.29, 0.717) is 50.9 Å². The van der Waals surface area contributed by atoms with Gasteiger partial charge in [0.2, 0.25) is 42.1 Å². The zero-order valence-corrected chi connectivity index (χ0v) is 57.8. The van der Waals surface area contributed by atoms with E-state index >= 15 is 0 Å². The zero-order chi connectivity index (χ0) is 70.3. The predicted octanol–water partition coefficient (Wildman–Crippen LogP) is 3.90. The van der Waals surface area contributed by atoms with Gasteiger partial charge in [-0.15, -0.1) is 0 Å². The minimum Gasteiger partial charge on any atom is -0.862 e. The van der Waals surface area contributed by atoms with Crippen molar-refractivity contribution < 1.29 is 97.8 Å². The van der Waals surface area contributed by atoms with Gasteiger partial charge in [0.25, 0.3) is 0 Å². The number of primary amides is 4. The topological polar surface area (TPSA) is 470 Å². The maximum absolute atomic E-state index is 14.4. The number of phosphoric acid groups is 1. The minimum atomic E-state index is -5.07. The standard InChI is InChI=1S/C62H90N13O14P.CClF2.Co/c1-29-20-39-40(21-30(29)2)75(28-70-39)57-52(84)53(41(27-76)87-57)89-90(85,86)88-31(3)26-69-49(83)18-19-59(8)37(22-46(66)80)56-62(11)61(10,25-48(68)82)36(14-17-45(65)79)51(74-62)33(5)55-60(9,24-47(67)81)34(12-15-43(63)77)38(71-55)23-42-58(6,7)35(13-16-44(64)78)50(72-42)32(4)54(59)73-56;2-1(3)4;/h20-21,23,28,31,34-37,41,52-53,56-57,76,84H,12-19,22,24-27H2,1-11H3,(H15,63,64,65,66,67,68,69,71,72,73,74,77,78,79,80,81,82,83,85,86);;/q;-1;+2/p-1. The van der Waals surface area contributed by atoms with Crippen LogP contribution in [0.5, 0.6) is 0 Å². The van der Waals surface area contributed by atoms with Crippen molar-refractivity contribution in [1.82, 2.24) is 15.6 Å². The Balaban J connectivity index is 0.00000278. The Morgan fingerprint density at radius 2 is 1.47 bits per heavy atom. The molecule has 2 aromatic rings. The summed E-state index contributed by atoms with van der Waals surface area (Å²) in [6, 6.07) is 2.76. The number of amides is 5. The van der Waals surface area contributed by atoms with Gasteiger partial charge in [0.15, 0.2) is 11.0 Å². The maximum atomic E-state index is 14.4. The molecule has 1 aromatic heterocycles. The molecule has 6 aliphatic rings. The molecule has 0 saturated carbocycles. The third-order valence-electron chi connectivity index (χ3n) is 20.6. The van der Waals surface area contributed by atoms with Gasteiger partial charge >= 0.3 is 24.6 Å². The molecule has 15 atom stereocenters. The SMILES string of the molecule is C/C1=C2N=C(/C=C3\N/C(=C(/C)C4=NC(C)(C5N=C1C(C)(CCC(=O)NCC(C)OP(=O)(O)OC1C(CO)OC([n+]6c[nH]c7cc(C)c(C)cc76)C1O)C5CC(N)=O)C(C)(CC(N)=O)C4CCC(N)=O)C(C)(CC(N)=O)C3CCC(=N)[O-])C(C)(C)C/2CCC(=N)[O-].F[C-](F)Cl.[Co+2]. The Hall–Kier alpha value is -6.34. The van der Waals surface area contributed by atoms with Gasteiger partial charge in [-0.3, -0.25) is 59.6 Å². The van der Waals surface area contributed by atoms with Crippen LogP contribution in [0.3, 0.4) is 0 Å². The van der Waals surface area contributed by atoms with E-state index in [1.807, 2.05) is 80.5 Å². The van der Waals surface area contributed by atoms with E-state index in [1.54, 1.807) is 17.8 Å². The summed E-state index contributed by atoms with van der Waals surface area (Å²) in [6.45, 7) is 19.1. The third kappa shape index (κ3) is 16.0. The van der Waals surface area contributed by atoms with Crippen molar-refractivity contribution in [2.75, 3.05) is 13.2 Å². The molecule has 8 bridgehead atoms. The van der Waals surface area contributed by atoms with Gasteiger partial charge in [0.1, 0.15) is 18.3 Å². The van der Waals surface area contributed by atoms with Crippen molar-refractivity contribution >= 4 is 88.9 Å². The van der Waals surface area contributed by atoms with Crippen molar-refractivity contribution in [3.63, 3.8) is 0 Å². The number of halogens is 3. The van der Waals surface area contributed by atoms with Crippen molar-refractivity contribution in [3.05, 3.63) is 69.8 Å². The average Bonchev–Trinajstić information content (AvgIpc) is 1.53. The van der Waals surface area contributed by atoms with Crippen LogP contribution >= 0.6 is 19.4 Å². The number of rotatable bonds is 26. The number of H-pyrrole nitrogens is 1. The normalized spacial score (nSPS) is 32.8. The first-order valence-corrected chi connectivity index (χ1v) is 33.0. The number of phosphoric ester groups is 1. The summed E-state index contributed by atoms with van der Waals surface area (Å²) >= 11 is 3.86. The van der Waals surface area contributed by atoms with Crippen LogP contribution in [0.1, 0.15) is 150 Å². The fourth-order valence-corrected chi connectivity index (χ4v) is 16.6. The van der Waals surface area contributed by atoms with Crippen molar-refractivity contribution in [1.29, 1.82) is 10.8 Å². The first-order valence-electron chi connectivity index (χ1n) is 31.1. The molecule has 27 nitrogen and oxygen atoms in total. The second-order valence-electron chi connectivity index (χ2n) is 27.3. The summed E-state index contributed by atoms with van der Waals surface area (Å²) in [7, 11) is -5.07. The number of carbonyl (C=O) groups is 5. The quantitative estimate of drug-likeness (QED) is 0.0209. The fourth-order valence-electron chi connectivity index (χ4n) is 15.5. The Morgan fingerprint density at radius 3 is 2.04 bits per heavy atom. The Morgan fingerprint density at radius 1 is 0.884 bits per heavy atom. The number of hydrogen-bond donors (Lipinski definition) is 12. The first-order chi connectivity index (χ1) is 43.6. The first kappa shape index (κ1) is 77.7. The predicted molar refractivity (Wildman–Crippen MR) is 341 cm³/mol. The molecule has 16 N–H and O–H groups in total. The van der Waals surface area contributed by atoms with E-state index in [0.717, 1.165) is 16.6 Å². The fraction of sp³-hybridized carbons (Fsp3) is 0.619. The van der Waals surface area contributed by atoms with Crippen LogP contribution < -0.4 is 48.3 Å². The molecular formula is C63H89ClCoF2N13O14P. The van der Waals surface area contributed by atoms with Gasteiger partial charge in [-0.2, -0.15) is 4.57 Å². The summed E-state index contributed by atoms with van der Waals surface area (Å²) in [5.41, 5.74) is 25.5. The number of nitrogens with zero attached hydrogens (tertiary/aromatic N) is 4. The van der Waals surface area contributed by atoms with E-state index < -0.39 is 149 Å². The van der Waals surface area contributed by atoms with Crippen LogP contribution in [0.15, 0.2) is 67.8 Å². The third-order valence-corrected chi connectivity index (χ3v) is 21.7. The number of benzene rings is 1. The molecule has 15 unspecified atom stereocenters. The van der Waals surface area contributed by atoms with E-state index in [4.69, 9.17) is 62.5 Å². The van der Waals surface area contributed by atoms with Gasteiger partial charge < -0.3 is 83.2 Å². The number of imidazole rings is 1. The molecule has 0 spiro atoms. The van der Waals surface area contributed by atoms with Gasteiger partial charge in [-0.05, 0) is 132 Å². The number of allylic oxidation sites excluding steroid dienone is 6. The van der Waals surface area contributed by atoms with Gasteiger partial charge in [0.05, 0.1) is 30.2 Å². The molecule has 8 rings (SSSR count). The molecule has 7 heterocycles. The summed E-state index contributed by atoms with van der Waals surface area (Å²) in [6.07, 6.45) is -4.58. The number of nitrogens with one attached hydrogen (secondary N) is 5. The zero-order valence-electron chi connectivity index (χ0n) is 55.1. The van der Waals surface area contributed by atoms with Crippen molar-refractivity contribution in [3.8, 4) is 0 Å². The van der Waals surface area contributed by atoms with E-state index in [2.05, 4.69) is 27.2 Å². The summed E-state index contributed by atoms with van der Waals surface area (Å²) in [5.74, 6) is -9.99. The number of fused-ring (bicyclic) bond motifs is 7. The number of carbonyl (C=O) groups excluding carboxylic acids is 5. The van der Waals surface area contributed by atoms with E-state index in [-0.39, 0.29) is 94.0 Å². The molecule has 1 radical (unpaired) electrons. The van der Waals surface area contributed by atoms with Crippen molar-refractivity contribution in [2.45, 2.75) is 189 Å². The van der Waals surface area contributed by atoms with Crippen LogP contribution in [0.25, 0.3) is 11.0 Å². The number of aryl methyl sites for hydroxylation is 2. The monoisotopic (exact) mass is 1410 g/mol. The average molecular weight is 1420 g/mol. The molecule has 5 amide bonds. The van der Waals surface area contributed by atoms with Crippen LogP contribution in [0.4, 0.5) is 8.78 Å².